The molecule has 0 saturated carbocycles. The van der Waals surface area contributed by atoms with Crippen molar-refractivity contribution in [2.24, 2.45) is 0 Å². The highest BCUT2D eigenvalue weighted by molar-refractivity contribution is 5.48. The Balaban J connectivity index is 0.000000671. The Morgan fingerprint density at radius 2 is 1.85 bits per heavy atom. The average Bonchev–Trinajstić information content (AvgIpc) is 2.15. The van der Waals surface area contributed by atoms with Crippen LogP contribution in [-0.2, 0) is 6.42 Å². The highest BCUT2D eigenvalue weighted by Gasteiger charge is 2.01. The number of hydrogen-bond donors (Lipinski definition) is 1. The lowest BCUT2D eigenvalue weighted by molar-refractivity contribution is 0.618. The number of benzene rings is 1. The maximum absolute atomic E-state index is 12.8. The number of nitrogen functional groups attached to an aromatic ring is 1. The summed E-state index contributed by atoms with van der Waals surface area (Å²) in [6.07, 6.45) is 0.854. The second kappa shape index (κ2) is 5.57. The van der Waals surface area contributed by atoms with Crippen LogP contribution >= 0.6 is 0 Å². The monoisotopic (exact) mass is 183 g/mol. The normalized spacial score (nSPS) is 9.00. The minimum atomic E-state index is -0.222. The number of anilines is 1. The van der Waals surface area contributed by atoms with Crippen molar-refractivity contribution in [1.29, 1.82) is 0 Å². The Morgan fingerprint density at radius 3 is 2.31 bits per heavy atom. The quantitative estimate of drug-likeness (QED) is 0.664. The summed E-state index contributed by atoms with van der Waals surface area (Å²) in [7, 11) is 0. The van der Waals surface area contributed by atoms with Gasteiger partial charge in [0.15, 0.2) is 0 Å². The molecule has 2 N–H and O–H groups in total. The van der Waals surface area contributed by atoms with E-state index in [0.717, 1.165) is 12.0 Å². The van der Waals surface area contributed by atoms with Crippen LogP contribution in [0.2, 0.25) is 0 Å². The van der Waals surface area contributed by atoms with Crippen molar-refractivity contribution in [3.63, 3.8) is 0 Å². The molecular formula is C11H18FN. The largest absolute Gasteiger partial charge is 0.398 e. The van der Waals surface area contributed by atoms with Crippen LogP contribution in [0.5, 0.6) is 0 Å². The zero-order valence-corrected chi connectivity index (χ0v) is 8.82. The maximum atomic E-state index is 12.8. The third-order valence-corrected chi connectivity index (χ3v) is 1.80. The van der Waals surface area contributed by atoms with Crippen molar-refractivity contribution < 1.29 is 4.39 Å². The smallest absolute Gasteiger partial charge is 0.128 e. The summed E-state index contributed by atoms with van der Waals surface area (Å²) in [6.45, 7) is 7.75. The number of halogens is 1. The summed E-state index contributed by atoms with van der Waals surface area (Å²) in [5.74, 6) is -0.222. The molecule has 0 saturated heterocycles. The molecule has 0 aliphatic rings. The highest BCUT2D eigenvalue weighted by Crippen LogP contribution is 2.17. The SMILES string of the molecule is CC.CCc1cc(C)c(F)cc1N. The predicted octanol–water partition coefficient (Wildman–Crippen LogP) is 3.30. The highest BCUT2D eigenvalue weighted by atomic mass is 19.1. The van der Waals surface area contributed by atoms with Gasteiger partial charge in [-0.15, -0.1) is 0 Å². The van der Waals surface area contributed by atoms with Crippen LogP contribution in [0.4, 0.5) is 10.1 Å². The molecule has 0 aliphatic carbocycles. The molecule has 0 radical (unpaired) electrons. The van der Waals surface area contributed by atoms with Gasteiger partial charge in [0.25, 0.3) is 0 Å². The van der Waals surface area contributed by atoms with Crippen LogP contribution in [0.25, 0.3) is 0 Å². The van der Waals surface area contributed by atoms with Crippen molar-refractivity contribution in [1.82, 2.24) is 0 Å². The number of aryl methyl sites for hydroxylation is 2. The Hall–Kier alpha value is -1.05. The first-order chi connectivity index (χ1) is 6.15. The molecule has 1 nitrogen and oxygen atoms in total. The molecule has 0 aliphatic heterocycles. The van der Waals surface area contributed by atoms with Gasteiger partial charge in [-0.2, -0.15) is 0 Å². The molecule has 0 atom stereocenters. The molecule has 1 aromatic rings. The topological polar surface area (TPSA) is 26.0 Å². The van der Waals surface area contributed by atoms with E-state index in [1.54, 1.807) is 13.0 Å². The average molecular weight is 183 g/mol. The molecule has 13 heavy (non-hydrogen) atoms. The van der Waals surface area contributed by atoms with Gasteiger partial charge in [0.2, 0.25) is 0 Å². The molecule has 0 aromatic heterocycles. The Labute approximate surface area is 79.8 Å². The summed E-state index contributed by atoms with van der Waals surface area (Å²) in [5.41, 5.74) is 7.79. The second-order valence-electron chi connectivity index (χ2n) is 2.65. The van der Waals surface area contributed by atoms with E-state index < -0.39 is 0 Å². The molecule has 1 rings (SSSR count). The fourth-order valence-electron chi connectivity index (χ4n) is 1.06. The van der Waals surface area contributed by atoms with Gasteiger partial charge in [-0.05, 0) is 30.5 Å². The molecule has 0 fully saturated rings. The molecule has 0 spiro atoms. The minimum Gasteiger partial charge on any atom is -0.398 e. The number of rotatable bonds is 1. The van der Waals surface area contributed by atoms with Crippen molar-refractivity contribution >= 4 is 5.69 Å². The maximum Gasteiger partial charge on any atom is 0.128 e. The van der Waals surface area contributed by atoms with Gasteiger partial charge in [-0.25, -0.2) is 4.39 Å². The first-order valence-corrected chi connectivity index (χ1v) is 4.69. The van der Waals surface area contributed by atoms with Crippen LogP contribution in [0.1, 0.15) is 31.9 Å². The molecule has 0 unspecified atom stereocenters. The van der Waals surface area contributed by atoms with E-state index in [1.807, 2.05) is 20.8 Å². The molecule has 1 aromatic carbocycles. The van der Waals surface area contributed by atoms with E-state index in [9.17, 15) is 4.39 Å². The van der Waals surface area contributed by atoms with Gasteiger partial charge >= 0.3 is 0 Å². The van der Waals surface area contributed by atoms with Gasteiger partial charge < -0.3 is 5.73 Å². The van der Waals surface area contributed by atoms with Crippen molar-refractivity contribution in [2.45, 2.75) is 34.1 Å². The van der Waals surface area contributed by atoms with Crippen molar-refractivity contribution in [3.8, 4) is 0 Å². The number of hydrogen-bond acceptors (Lipinski definition) is 1. The van der Waals surface area contributed by atoms with E-state index in [0.29, 0.717) is 11.3 Å². The summed E-state index contributed by atoms with van der Waals surface area (Å²) in [5, 5.41) is 0. The standard InChI is InChI=1S/C9H12FN.C2H6/c1-3-7-4-6(2)8(10)5-9(7)11;1-2/h4-5H,3,11H2,1-2H3;1-2H3. The first-order valence-electron chi connectivity index (χ1n) is 4.69. The van der Waals surface area contributed by atoms with Gasteiger partial charge in [-0.3, -0.25) is 0 Å². The van der Waals surface area contributed by atoms with Gasteiger partial charge in [0.1, 0.15) is 5.82 Å². The summed E-state index contributed by atoms with van der Waals surface area (Å²) in [4.78, 5) is 0. The van der Waals surface area contributed by atoms with E-state index in [-0.39, 0.29) is 5.82 Å². The Morgan fingerprint density at radius 1 is 1.31 bits per heavy atom. The van der Waals surface area contributed by atoms with E-state index in [4.69, 9.17) is 5.73 Å². The van der Waals surface area contributed by atoms with Crippen LogP contribution in [0.3, 0.4) is 0 Å². The summed E-state index contributed by atoms with van der Waals surface area (Å²) < 4.78 is 12.8. The molecule has 74 valence electrons. The Kier molecular flexibility index (Phi) is 5.12. The predicted molar refractivity (Wildman–Crippen MR) is 56.3 cm³/mol. The molecular weight excluding hydrogens is 165 g/mol. The zero-order valence-electron chi connectivity index (χ0n) is 8.82. The molecule has 0 amide bonds. The van der Waals surface area contributed by atoms with Gasteiger partial charge in [0.05, 0.1) is 0 Å². The van der Waals surface area contributed by atoms with Gasteiger partial charge in [0, 0.05) is 5.69 Å². The fraction of sp³-hybridized carbons (Fsp3) is 0.455. The van der Waals surface area contributed by atoms with Crippen molar-refractivity contribution in [2.75, 3.05) is 5.73 Å². The van der Waals surface area contributed by atoms with Crippen LogP contribution < -0.4 is 5.73 Å². The fourth-order valence-corrected chi connectivity index (χ4v) is 1.06. The van der Waals surface area contributed by atoms with E-state index >= 15 is 0 Å². The van der Waals surface area contributed by atoms with E-state index in [1.165, 1.54) is 6.07 Å². The number of nitrogens with two attached hydrogens (primary N) is 1. The first kappa shape index (κ1) is 11.9. The van der Waals surface area contributed by atoms with E-state index in [2.05, 4.69) is 0 Å². The third kappa shape index (κ3) is 3.05. The molecule has 0 heterocycles. The minimum absolute atomic E-state index is 0.222. The molecule has 2 heteroatoms. The second-order valence-corrected chi connectivity index (χ2v) is 2.65. The lowest BCUT2D eigenvalue weighted by Gasteiger charge is -2.04. The third-order valence-electron chi connectivity index (χ3n) is 1.80. The van der Waals surface area contributed by atoms with Gasteiger partial charge in [-0.1, -0.05) is 26.8 Å². The molecule has 0 bridgehead atoms. The summed E-state index contributed by atoms with van der Waals surface area (Å²) in [6, 6.07) is 3.18. The zero-order chi connectivity index (χ0) is 10.4. The summed E-state index contributed by atoms with van der Waals surface area (Å²) >= 11 is 0. The Bertz CT molecular complexity index is 269. The van der Waals surface area contributed by atoms with Crippen LogP contribution in [-0.4, -0.2) is 0 Å². The lowest BCUT2D eigenvalue weighted by Crippen LogP contribution is -1.95. The van der Waals surface area contributed by atoms with Crippen LogP contribution in [0.15, 0.2) is 12.1 Å². The lowest BCUT2D eigenvalue weighted by atomic mass is 10.1. The van der Waals surface area contributed by atoms with Crippen molar-refractivity contribution in [3.05, 3.63) is 29.1 Å². The van der Waals surface area contributed by atoms with Crippen LogP contribution in [0, 0.1) is 12.7 Å².